The van der Waals surface area contributed by atoms with Gasteiger partial charge < -0.3 is 5.32 Å². The minimum absolute atomic E-state index is 0.406. The van der Waals surface area contributed by atoms with Crippen molar-refractivity contribution in [1.82, 2.24) is 10.2 Å². The molecule has 0 aliphatic carbocycles. The monoisotopic (exact) mass is 370 g/mol. The SMILES string of the molecule is CC(c1ccc(Br)cc1Cl)N1CCC(C2CCCN2)CC1. The number of benzene rings is 1. The fourth-order valence-corrected chi connectivity index (χ4v) is 4.69. The molecule has 4 heteroatoms. The quantitative estimate of drug-likeness (QED) is 0.833. The molecule has 0 aromatic heterocycles. The molecule has 2 aliphatic heterocycles. The Bertz CT molecular complexity index is 480. The van der Waals surface area contributed by atoms with Gasteiger partial charge in [-0.2, -0.15) is 0 Å². The zero-order valence-electron chi connectivity index (χ0n) is 12.6. The summed E-state index contributed by atoms with van der Waals surface area (Å²) in [5.74, 6) is 0.872. The topological polar surface area (TPSA) is 15.3 Å². The van der Waals surface area contributed by atoms with Gasteiger partial charge in [-0.25, -0.2) is 0 Å². The van der Waals surface area contributed by atoms with Gasteiger partial charge in [0.2, 0.25) is 0 Å². The van der Waals surface area contributed by atoms with E-state index >= 15 is 0 Å². The summed E-state index contributed by atoms with van der Waals surface area (Å²) >= 11 is 9.89. The third-order valence-electron chi connectivity index (χ3n) is 5.20. The first-order chi connectivity index (χ1) is 10.1. The molecule has 0 saturated carbocycles. The lowest BCUT2D eigenvalue weighted by atomic mass is 9.87. The van der Waals surface area contributed by atoms with Crippen molar-refractivity contribution in [2.45, 2.75) is 44.7 Å². The molecule has 2 fully saturated rings. The second-order valence-corrected chi connectivity index (χ2v) is 7.74. The van der Waals surface area contributed by atoms with Crippen molar-refractivity contribution in [2.24, 2.45) is 5.92 Å². The van der Waals surface area contributed by atoms with Crippen LogP contribution in [0.5, 0.6) is 0 Å². The Morgan fingerprint density at radius 1 is 1.29 bits per heavy atom. The first-order valence-corrected chi connectivity index (χ1v) is 9.24. The predicted octanol–water partition coefficient (Wildman–Crippen LogP) is 4.63. The predicted molar refractivity (Wildman–Crippen MR) is 92.9 cm³/mol. The Balaban J connectivity index is 1.60. The van der Waals surface area contributed by atoms with Gasteiger partial charge in [0.1, 0.15) is 0 Å². The highest BCUT2D eigenvalue weighted by Crippen LogP contribution is 2.33. The van der Waals surface area contributed by atoms with Crippen LogP contribution < -0.4 is 5.32 Å². The number of halogens is 2. The minimum Gasteiger partial charge on any atom is -0.314 e. The van der Waals surface area contributed by atoms with Crippen LogP contribution in [0.2, 0.25) is 5.02 Å². The maximum absolute atomic E-state index is 6.41. The lowest BCUT2D eigenvalue weighted by Crippen LogP contribution is -2.41. The molecule has 0 spiro atoms. The van der Waals surface area contributed by atoms with E-state index in [9.17, 15) is 0 Å². The van der Waals surface area contributed by atoms with Crippen molar-refractivity contribution in [2.75, 3.05) is 19.6 Å². The molecule has 1 aromatic rings. The van der Waals surface area contributed by atoms with Crippen LogP contribution in [-0.2, 0) is 0 Å². The van der Waals surface area contributed by atoms with Crippen molar-refractivity contribution in [1.29, 1.82) is 0 Å². The molecular weight excluding hydrogens is 348 g/mol. The molecule has 0 radical (unpaired) electrons. The molecule has 2 heterocycles. The zero-order chi connectivity index (χ0) is 14.8. The summed E-state index contributed by atoms with van der Waals surface area (Å²) in [5.41, 5.74) is 1.25. The van der Waals surface area contributed by atoms with Gasteiger partial charge in [0, 0.05) is 21.6 Å². The number of rotatable bonds is 3. The molecule has 1 aromatic carbocycles. The fourth-order valence-electron chi connectivity index (χ4n) is 3.86. The van der Waals surface area contributed by atoms with Gasteiger partial charge >= 0.3 is 0 Å². The number of likely N-dealkylation sites (tertiary alicyclic amines) is 1. The summed E-state index contributed by atoms with van der Waals surface area (Å²) in [6.45, 7) is 5.88. The number of nitrogens with one attached hydrogen (secondary N) is 1. The first kappa shape index (κ1) is 15.8. The fraction of sp³-hybridized carbons (Fsp3) is 0.647. The molecule has 2 saturated heterocycles. The molecule has 0 bridgehead atoms. The third-order valence-corrected chi connectivity index (χ3v) is 6.02. The van der Waals surface area contributed by atoms with Gasteiger partial charge in [-0.3, -0.25) is 4.90 Å². The Morgan fingerprint density at radius 3 is 2.67 bits per heavy atom. The largest absolute Gasteiger partial charge is 0.314 e. The van der Waals surface area contributed by atoms with Gasteiger partial charge in [-0.1, -0.05) is 33.6 Å². The van der Waals surface area contributed by atoms with E-state index in [2.05, 4.69) is 45.2 Å². The van der Waals surface area contributed by atoms with Gasteiger partial charge in [-0.15, -0.1) is 0 Å². The van der Waals surface area contributed by atoms with E-state index in [-0.39, 0.29) is 0 Å². The van der Waals surface area contributed by atoms with Crippen LogP contribution in [-0.4, -0.2) is 30.6 Å². The van der Waals surface area contributed by atoms with Crippen molar-refractivity contribution >= 4 is 27.5 Å². The maximum Gasteiger partial charge on any atom is 0.0464 e. The summed E-state index contributed by atoms with van der Waals surface area (Å²) < 4.78 is 1.05. The van der Waals surface area contributed by atoms with Crippen LogP contribution in [0.1, 0.15) is 44.2 Å². The molecule has 116 valence electrons. The van der Waals surface area contributed by atoms with E-state index in [1.807, 2.05) is 6.07 Å². The van der Waals surface area contributed by atoms with Crippen molar-refractivity contribution in [3.05, 3.63) is 33.3 Å². The number of nitrogens with zero attached hydrogens (tertiary/aromatic N) is 1. The molecule has 21 heavy (non-hydrogen) atoms. The maximum atomic E-state index is 6.41. The standard InChI is InChI=1S/C17H24BrClN2/c1-12(15-5-4-14(18)11-16(15)19)21-9-6-13(7-10-21)17-3-2-8-20-17/h4-5,11-13,17,20H,2-3,6-10H2,1H3. The highest BCUT2D eigenvalue weighted by atomic mass is 79.9. The van der Waals surface area contributed by atoms with Gasteiger partial charge in [0.05, 0.1) is 0 Å². The molecule has 1 N–H and O–H groups in total. The summed E-state index contributed by atoms with van der Waals surface area (Å²) in [5, 5.41) is 4.54. The lowest BCUT2D eigenvalue weighted by Gasteiger charge is -2.38. The normalized spacial score (nSPS) is 26.1. The summed E-state index contributed by atoms with van der Waals surface area (Å²) in [7, 11) is 0. The van der Waals surface area contributed by atoms with Crippen LogP contribution in [0.3, 0.4) is 0 Å². The first-order valence-electron chi connectivity index (χ1n) is 8.07. The Labute approximate surface area is 141 Å². The van der Waals surface area contributed by atoms with Crippen LogP contribution in [0.25, 0.3) is 0 Å². The zero-order valence-corrected chi connectivity index (χ0v) is 15.0. The number of piperidine rings is 1. The molecule has 2 nitrogen and oxygen atoms in total. The lowest BCUT2D eigenvalue weighted by molar-refractivity contribution is 0.126. The average molecular weight is 372 g/mol. The molecule has 0 amide bonds. The van der Waals surface area contributed by atoms with E-state index in [0.29, 0.717) is 6.04 Å². The summed E-state index contributed by atoms with van der Waals surface area (Å²) in [6, 6.07) is 7.43. The summed E-state index contributed by atoms with van der Waals surface area (Å²) in [6.07, 6.45) is 5.36. The van der Waals surface area contributed by atoms with E-state index in [0.717, 1.165) is 21.5 Å². The minimum atomic E-state index is 0.406. The van der Waals surface area contributed by atoms with Gasteiger partial charge in [0.25, 0.3) is 0 Å². The van der Waals surface area contributed by atoms with E-state index in [1.165, 1.54) is 50.9 Å². The molecule has 2 aliphatic rings. The van der Waals surface area contributed by atoms with Gasteiger partial charge in [0.15, 0.2) is 0 Å². The van der Waals surface area contributed by atoms with Crippen molar-refractivity contribution < 1.29 is 0 Å². The van der Waals surface area contributed by atoms with Crippen LogP contribution >= 0.6 is 27.5 Å². The van der Waals surface area contributed by atoms with Crippen LogP contribution in [0.4, 0.5) is 0 Å². The van der Waals surface area contributed by atoms with Crippen LogP contribution in [0.15, 0.2) is 22.7 Å². The Morgan fingerprint density at radius 2 is 2.05 bits per heavy atom. The van der Waals surface area contributed by atoms with Crippen LogP contribution in [0, 0.1) is 5.92 Å². The van der Waals surface area contributed by atoms with Gasteiger partial charge in [-0.05, 0) is 75.9 Å². The van der Waals surface area contributed by atoms with Crippen molar-refractivity contribution in [3.63, 3.8) is 0 Å². The Kier molecular flexibility index (Phi) is 5.26. The molecule has 2 unspecified atom stereocenters. The van der Waals surface area contributed by atoms with E-state index < -0.39 is 0 Å². The second kappa shape index (κ2) is 6.99. The number of hydrogen-bond acceptors (Lipinski definition) is 2. The Hall–Kier alpha value is -0.0900. The average Bonchev–Trinajstić information content (AvgIpc) is 3.01. The van der Waals surface area contributed by atoms with E-state index in [4.69, 9.17) is 11.6 Å². The summed E-state index contributed by atoms with van der Waals surface area (Å²) in [4.78, 5) is 2.58. The van der Waals surface area contributed by atoms with E-state index in [1.54, 1.807) is 0 Å². The highest BCUT2D eigenvalue weighted by Gasteiger charge is 2.30. The molecular formula is C17H24BrClN2. The molecule has 3 rings (SSSR count). The highest BCUT2D eigenvalue weighted by molar-refractivity contribution is 9.10. The smallest absolute Gasteiger partial charge is 0.0464 e. The molecule has 2 atom stereocenters. The number of hydrogen-bond donors (Lipinski definition) is 1. The third kappa shape index (κ3) is 3.64. The second-order valence-electron chi connectivity index (χ2n) is 6.42. The van der Waals surface area contributed by atoms with Crippen molar-refractivity contribution in [3.8, 4) is 0 Å².